The third-order valence-electron chi connectivity index (χ3n) is 5.86. The Morgan fingerprint density at radius 3 is 2.52 bits per heavy atom. The largest absolute Gasteiger partial charge is 0.497 e. The third kappa shape index (κ3) is 4.46. The molecule has 0 saturated carbocycles. The molecule has 7 heteroatoms. The number of benzene rings is 2. The van der Waals surface area contributed by atoms with E-state index in [1.165, 1.54) is 10.5 Å². The molecule has 0 bridgehead atoms. The van der Waals surface area contributed by atoms with Gasteiger partial charge in [-0.05, 0) is 42.5 Å². The predicted octanol–water partition coefficient (Wildman–Crippen LogP) is -0.692. The van der Waals surface area contributed by atoms with E-state index in [0.29, 0.717) is 12.1 Å². The predicted molar refractivity (Wildman–Crippen MR) is 108 cm³/mol. The molecule has 154 valence electrons. The van der Waals surface area contributed by atoms with Gasteiger partial charge in [-0.3, -0.25) is 4.79 Å². The molecule has 1 amide bonds. The van der Waals surface area contributed by atoms with Crippen molar-refractivity contribution in [1.82, 2.24) is 5.32 Å². The lowest BCUT2D eigenvalue weighted by molar-refractivity contribution is -1.02. The van der Waals surface area contributed by atoms with E-state index >= 15 is 0 Å². The topological polar surface area (TPSA) is 65.7 Å². The van der Waals surface area contributed by atoms with Crippen LogP contribution in [0.1, 0.15) is 22.0 Å². The highest BCUT2D eigenvalue weighted by Gasteiger charge is 2.31. The van der Waals surface area contributed by atoms with Crippen molar-refractivity contribution in [3.8, 4) is 17.2 Å². The molecule has 7 nitrogen and oxygen atoms in total. The van der Waals surface area contributed by atoms with Crippen LogP contribution in [0.4, 0.5) is 0 Å². The van der Waals surface area contributed by atoms with Gasteiger partial charge in [0.1, 0.15) is 38.0 Å². The number of fused-ring (bicyclic) bond motifs is 1. The van der Waals surface area contributed by atoms with Crippen LogP contribution < -0.4 is 29.3 Å². The first-order chi connectivity index (χ1) is 14.1. The molecule has 4 rings (SSSR count). The third-order valence-corrected chi connectivity index (χ3v) is 5.86. The van der Waals surface area contributed by atoms with Gasteiger partial charge < -0.3 is 29.3 Å². The van der Waals surface area contributed by atoms with Gasteiger partial charge in [0.05, 0.1) is 20.7 Å². The average molecular weight is 399 g/mol. The first-order valence-corrected chi connectivity index (χ1v) is 10.1. The van der Waals surface area contributed by atoms with Gasteiger partial charge in [-0.15, -0.1) is 0 Å². The molecule has 29 heavy (non-hydrogen) atoms. The molecule has 2 aliphatic rings. The van der Waals surface area contributed by atoms with Crippen LogP contribution in [0.3, 0.4) is 0 Å². The molecular weight excluding hydrogens is 370 g/mol. The van der Waals surface area contributed by atoms with E-state index in [0.717, 1.165) is 43.4 Å². The zero-order valence-electron chi connectivity index (χ0n) is 17.0. The van der Waals surface area contributed by atoms with Crippen molar-refractivity contribution in [2.75, 3.05) is 53.7 Å². The van der Waals surface area contributed by atoms with Crippen LogP contribution in [0, 0.1) is 0 Å². The summed E-state index contributed by atoms with van der Waals surface area (Å²) in [6.45, 7) is 5.24. The lowest BCUT2D eigenvalue weighted by Gasteiger charge is -2.33. The normalized spacial score (nSPS) is 21.4. The van der Waals surface area contributed by atoms with Crippen LogP contribution in [0.25, 0.3) is 0 Å². The number of ether oxygens (including phenoxy) is 3. The number of likely N-dealkylation sites (N-methyl/N-ethyl adjacent to an activating group) is 1. The number of rotatable bonds is 6. The number of piperazine rings is 1. The van der Waals surface area contributed by atoms with Crippen LogP contribution >= 0.6 is 0 Å². The summed E-state index contributed by atoms with van der Waals surface area (Å²) in [4.78, 5) is 15.7. The van der Waals surface area contributed by atoms with E-state index in [1.54, 1.807) is 36.3 Å². The highest BCUT2D eigenvalue weighted by atomic mass is 16.7. The van der Waals surface area contributed by atoms with Gasteiger partial charge in [0.2, 0.25) is 6.79 Å². The minimum atomic E-state index is -0.0717. The zero-order valence-corrected chi connectivity index (χ0v) is 17.0. The second-order valence-electron chi connectivity index (χ2n) is 7.72. The second-order valence-corrected chi connectivity index (χ2v) is 7.72. The molecule has 0 unspecified atom stereocenters. The molecule has 3 N–H and O–H groups in total. The molecular formula is C22H29N3O4+2. The van der Waals surface area contributed by atoms with Crippen LogP contribution in [0.2, 0.25) is 0 Å². The summed E-state index contributed by atoms with van der Waals surface area (Å²) in [5.41, 5.74) is 1.80. The SMILES string of the molecule is COc1ccc(C(=O)NC[C@H](c2ccc3c(c2)OCO3)[NH+]2CC[NH+](C)CC2)cc1. The van der Waals surface area contributed by atoms with Crippen molar-refractivity contribution < 1.29 is 28.8 Å². The highest BCUT2D eigenvalue weighted by molar-refractivity contribution is 5.94. The Balaban J connectivity index is 1.49. The number of hydrogen-bond acceptors (Lipinski definition) is 4. The van der Waals surface area contributed by atoms with Crippen molar-refractivity contribution >= 4 is 5.91 Å². The van der Waals surface area contributed by atoms with Crippen molar-refractivity contribution in [1.29, 1.82) is 0 Å². The van der Waals surface area contributed by atoms with Gasteiger partial charge >= 0.3 is 0 Å². The summed E-state index contributed by atoms with van der Waals surface area (Å²) in [6, 6.07) is 13.5. The minimum absolute atomic E-state index is 0.0717. The lowest BCUT2D eigenvalue weighted by atomic mass is 10.0. The summed E-state index contributed by atoms with van der Waals surface area (Å²) < 4.78 is 16.2. The summed E-state index contributed by atoms with van der Waals surface area (Å²) in [5.74, 6) is 2.24. The Morgan fingerprint density at radius 2 is 1.79 bits per heavy atom. The number of nitrogens with one attached hydrogen (secondary N) is 3. The molecule has 0 spiro atoms. The number of carbonyl (C=O) groups excluding carboxylic acids is 1. The van der Waals surface area contributed by atoms with Gasteiger partial charge in [-0.25, -0.2) is 0 Å². The second kappa shape index (κ2) is 8.71. The summed E-state index contributed by atoms with van der Waals surface area (Å²) in [7, 11) is 3.85. The molecule has 2 aliphatic heterocycles. The zero-order chi connectivity index (χ0) is 20.2. The van der Waals surface area contributed by atoms with Gasteiger partial charge in [-0.1, -0.05) is 0 Å². The molecule has 2 aromatic carbocycles. The van der Waals surface area contributed by atoms with Gasteiger partial charge in [0.25, 0.3) is 5.91 Å². The Morgan fingerprint density at radius 1 is 1.07 bits per heavy atom. The highest BCUT2D eigenvalue weighted by Crippen LogP contribution is 2.33. The van der Waals surface area contributed by atoms with E-state index < -0.39 is 0 Å². The molecule has 1 saturated heterocycles. The maximum absolute atomic E-state index is 12.7. The Kier molecular flexibility index (Phi) is 5.87. The van der Waals surface area contributed by atoms with E-state index in [1.807, 2.05) is 6.07 Å². The summed E-state index contributed by atoms with van der Waals surface area (Å²) >= 11 is 0. The quantitative estimate of drug-likeness (QED) is 0.602. The smallest absolute Gasteiger partial charge is 0.251 e. The van der Waals surface area contributed by atoms with Gasteiger partial charge in [0.15, 0.2) is 11.5 Å². The number of carbonyl (C=O) groups is 1. The average Bonchev–Trinajstić information content (AvgIpc) is 3.23. The van der Waals surface area contributed by atoms with Crippen molar-refractivity contribution in [2.45, 2.75) is 6.04 Å². The molecule has 0 radical (unpaired) electrons. The summed E-state index contributed by atoms with van der Waals surface area (Å²) in [6.07, 6.45) is 0. The summed E-state index contributed by atoms with van der Waals surface area (Å²) in [5, 5.41) is 3.13. The lowest BCUT2D eigenvalue weighted by Crippen LogP contribution is -3.27. The first kappa shape index (κ1) is 19.5. The van der Waals surface area contributed by atoms with Crippen molar-refractivity contribution in [2.24, 2.45) is 0 Å². The maximum Gasteiger partial charge on any atom is 0.251 e. The fourth-order valence-corrected chi connectivity index (χ4v) is 4.01. The Labute approximate surface area is 171 Å². The van der Waals surface area contributed by atoms with E-state index in [-0.39, 0.29) is 18.7 Å². The van der Waals surface area contributed by atoms with Crippen molar-refractivity contribution in [3.63, 3.8) is 0 Å². The van der Waals surface area contributed by atoms with E-state index in [2.05, 4.69) is 24.5 Å². The fourth-order valence-electron chi connectivity index (χ4n) is 4.01. The number of quaternary nitrogens is 2. The van der Waals surface area contributed by atoms with E-state index in [9.17, 15) is 4.79 Å². The van der Waals surface area contributed by atoms with Crippen molar-refractivity contribution in [3.05, 3.63) is 53.6 Å². The van der Waals surface area contributed by atoms with Crippen LogP contribution in [0.5, 0.6) is 17.2 Å². The Bertz CT molecular complexity index is 848. The maximum atomic E-state index is 12.7. The Hall–Kier alpha value is -2.77. The molecule has 2 aromatic rings. The van der Waals surface area contributed by atoms with Gasteiger partial charge in [-0.2, -0.15) is 0 Å². The standard InChI is InChI=1S/C22H27N3O4/c1-24-9-11-25(12-10-24)19(17-5-8-20-21(13-17)29-15-28-20)14-23-22(26)16-3-6-18(27-2)7-4-16/h3-8,13,19H,9-12,14-15H2,1-2H3,(H,23,26)/p+2/t19-/m1/s1. The van der Waals surface area contributed by atoms with Crippen LogP contribution in [-0.2, 0) is 0 Å². The molecule has 1 atom stereocenters. The van der Waals surface area contributed by atoms with Gasteiger partial charge in [0, 0.05) is 11.1 Å². The number of methoxy groups -OCH3 is 1. The fraction of sp³-hybridized carbons (Fsp3) is 0.409. The van der Waals surface area contributed by atoms with Crippen LogP contribution in [-0.4, -0.2) is 59.6 Å². The molecule has 0 aromatic heterocycles. The van der Waals surface area contributed by atoms with E-state index in [4.69, 9.17) is 14.2 Å². The minimum Gasteiger partial charge on any atom is -0.497 e. The van der Waals surface area contributed by atoms with Crippen LogP contribution in [0.15, 0.2) is 42.5 Å². The number of hydrogen-bond donors (Lipinski definition) is 3. The monoisotopic (exact) mass is 399 g/mol. The first-order valence-electron chi connectivity index (χ1n) is 10.1. The number of amides is 1. The molecule has 0 aliphatic carbocycles. The molecule has 2 heterocycles. The molecule has 1 fully saturated rings.